The molecule has 0 bridgehead atoms. The van der Waals surface area contributed by atoms with E-state index in [1.807, 2.05) is 30.9 Å². The van der Waals surface area contributed by atoms with E-state index in [0.717, 1.165) is 44.5 Å². The van der Waals surface area contributed by atoms with Crippen molar-refractivity contribution in [1.82, 2.24) is 19.7 Å². The number of nitrogens with zero attached hydrogens (tertiary/aromatic N) is 4. The lowest BCUT2D eigenvalue weighted by atomic mass is 10.0. The second-order valence-electron chi connectivity index (χ2n) is 8.76. The van der Waals surface area contributed by atoms with E-state index in [-0.39, 0.29) is 23.8 Å². The van der Waals surface area contributed by atoms with E-state index in [2.05, 4.69) is 14.8 Å². The van der Waals surface area contributed by atoms with Gasteiger partial charge in [-0.1, -0.05) is 13.8 Å². The van der Waals surface area contributed by atoms with Crippen molar-refractivity contribution in [3.63, 3.8) is 0 Å². The second kappa shape index (κ2) is 10.7. The Morgan fingerprint density at radius 1 is 1.14 bits per heavy atom. The third kappa shape index (κ3) is 6.26. The molecule has 3 rings (SSSR count). The first-order chi connectivity index (χ1) is 14.0. The molecule has 1 aromatic rings. The number of carbonyl (C=O) groups excluding carboxylic acids is 2. The van der Waals surface area contributed by atoms with Gasteiger partial charge in [0.15, 0.2) is 0 Å². The molecular formula is C23H36N4O2. The fraction of sp³-hybridized carbons (Fsp3) is 0.696. The Bertz CT molecular complexity index is 658. The van der Waals surface area contributed by atoms with Gasteiger partial charge in [-0.15, -0.1) is 0 Å². The molecule has 6 nitrogen and oxygen atoms in total. The summed E-state index contributed by atoms with van der Waals surface area (Å²) in [6.07, 6.45) is 9.41. The van der Waals surface area contributed by atoms with Gasteiger partial charge >= 0.3 is 0 Å². The summed E-state index contributed by atoms with van der Waals surface area (Å²) in [5, 5.41) is 0. The Morgan fingerprint density at radius 2 is 1.86 bits per heavy atom. The number of rotatable bonds is 8. The van der Waals surface area contributed by atoms with Crippen molar-refractivity contribution in [3.8, 4) is 0 Å². The third-order valence-electron chi connectivity index (χ3n) is 6.14. The van der Waals surface area contributed by atoms with Crippen LogP contribution < -0.4 is 0 Å². The third-order valence-corrected chi connectivity index (χ3v) is 6.14. The maximum absolute atomic E-state index is 12.9. The summed E-state index contributed by atoms with van der Waals surface area (Å²) in [6.45, 7) is 9.65. The lowest BCUT2D eigenvalue weighted by molar-refractivity contribution is -0.141. The zero-order valence-electron chi connectivity index (χ0n) is 18.1. The summed E-state index contributed by atoms with van der Waals surface area (Å²) in [6, 6.07) is 3.93. The smallest absolute Gasteiger partial charge is 0.227 e. The lowest BCUT2D eigenvalue weighted by Gasteiger charge is -2.40. The molecular weight excluding hydrogens is 364 g/mol. The first-order valence-corrected chi connectivity index (χ1v) is 11.2. The zero-order chi connectivity index (χ0) is 20.6. The van der Waals surface area contributed by atoms with E-state index in [1.165, 1.54) is 25.9 Å². The van der Waals surface area contributed by atoms with Crippen LogP contribution in [0.4, 0.5) is 0 Å². The molecule has 160 valence electrons. The van der Waals surface area contributed by atoms with Gasteiger partial charge in [-0.2, -0.15) is 0 Å². The highest BCUT2D eigenvalue weighted by molar-refractivity contribution is 5.80. The maximum atomic E-state index is 12.9. The lowest BCUT2D eigenvalue weighted by Crippen LogP contribution is -2.53. The van der Waals surface area contributed by atoms with Crippen LogP contribution in [0.15, 0.2) is 24.5 Å². The van der Waals surface area contributed by atoms with Gasteiger partial charge in [0.2, 0.25) is 11.8 Å². The average molecular weight is 401 g/mol. The fourth-order valence-electron chi connectivity index (χ4n) is 4.50. The van der Waals surface area contributed by atoms with Crippen LogP contribution >= 0.6 is 0 Å². The van der Waals surface area contributed by atoms with Crippen LogP contribution in [0.25, 0.3) is 0 Å². The van der Waals surface area contributed by atoms with Crippen molar-refractivity contribution in [2.45, 2.75) is 58.4 Å². The SMILES string of the molecule is CC(C)C(=O)N(CCCN1CCCC1)C1CCCN(C(=O)Cc2ccncc2)C1. The highest BCUT2D eigenvalue weighted by atomic mass is 16.2. The minimum absolute atomic E-state index is 0.00955. The summed E-state index contributed by atoms with van der Waals surface area (Å²) in [5.41, 5.74) is 0.993. The Morgan fingerprint density at radius 3 is 2.55 bits per heavy atom. The summed E-state index contributed by atoms with van der Waals surface area (Å²) < 4.78 is 0. The Balaban J connectivity index is 1.58. The highest BCUT2D eigenvalue weighted by Gasteiger charge is 2.31. The second-order valence-corrected chi connectivity index (χ2v) is 8.76. The van der Waals surface area contributed by atoms with E-state index in [0.29, 0.717) is 13.0 Å². The monoisotopic (exact) mass is 400 g/mol. The fourth-order valence-corrected chi connectivity index (χ4v) is 4.50. The topological polar surface area (TPSA) is 56.8 Å². The Labute approximate surface area is 175 Å². The van der Waals surface area contributed by atoms with Gasteiger partial charge in [0.1, 0.15) is 0 Å². The van der Waals surface area contributed by atoms with Crippen LogP contribution in [0.3, 0.4) is 0 Å². The van der Waals surface area contributed by atoms with Crippen molar-refractivity contribution < 1.29 is 9.59 Å². The number of likely N-dealkylation sites (tertiary alicyclic amines) is 2. The normalized spacial score (nSPS) is 20.2. The van der Waals surface area contributed by atoms with E-state index < -0.39 is 0 Å². The molecule has 29 heavy (non-hydrogen) atoms. The van der Waals surface area contributed by atoms with E-state index in [4.69, 9.17) is 0 Å². The molecule has 0 N–H and O–H groups in total. The predicted octanol–water partition coefficient (Wildman–Crippen LogP) is 2.59. The van der Waals surface area contributed by atoms with Crippen LogP contribution in [-0.4, -0.2) is 76.8 Å². The van der Waals surface area contributed by atoms with Crippen molar-refractivity contribution in [2.24, 2.45) is 5.92 Å². The van der Waals surface area contributed by atoms with Crippen LogP contribution in [0.5, 0.6) is 0 Å². The van der Waals surface area contributed by atoms with Crippen molar-refractivity contribution in [2.75, 3.05) is 39.3 Å². The Kier molecular flexibility index (Phi) is 8.04. The first-order valence-electron chi connectivity index (χ1n) is 11.2. The van der Waals surface area contributed by atoms with Gasteiger partial charge in [0.05, 0.1) is 6.42 Å². The molecule has 1 atom stereocenters. The number of carbonyl (C=O) groups is 2. The van der Waals surface area contributed by atoms with E-state index in [9.17, 15) is 9.59 Å². The number of pyridine rings is 1. The van der Waals surface area contributed by atoms with E-state index in [1.54, 1.807) is 12.4 Å². The largest absolute Gasteiger partial charge is 0.340 e. The number of amides is 2. The predicted molar refractivity (Wildman–Crippen MR) is 114 cm³/mol. The van der Waals surface area contributed by atoms with Crippen LogP contribution in [0.2, 0.25) is 0 Å². The minimum Gasteiger partial charge on any atom is -0.340 e. The van der Waals surface area contributed by atoms with Gasteiger partial charge in [-0.3, -0.25) is 14.6 Å². The zero-order valence-corrected chi connectivity index (χ0v) is 18.1. The summed E-state index contributed by atoms with van der Waals surface area (Å²) >= 11 is 0. The molecule has 0 saturated carbocycles. The summed E-state index contributed by atoms with van der Waals surface area (Å²) in [5.74, 6) is 0.361. The highest BCUT2D eigenvalue weighted by Crippen LogP contribution is 2.20. The van der Waals surface area contributed by atoms with Crippen LogP contribution in [-0.2, 0) is 16.0 Å². The molecule has 2 fully saturated rings. The minimum atomic E-state index is -0.00955. The van der Waals surface area contributed by atoms with Gasteiger partial charge in [-0.05, 0) is 69.4 Å². The molecule has 0 spiro atoms. The first kappa shape index (κ1) is 21.8. The molecule has 3 heterocycles. The van der Waals surface area contributed by atoms with Crippen LogP contribution in [0.1, 0.15) is 51.5 Å². The quantitative estimate of drug-likeness (QED) is 0.673. The van der Waals surface area contributed by atoms with Gasteiger partial charge in [0.25, 0.3) is 0 Å². The van der Waals surface area contributed by atoms with Gasteiger partial charge in [0, 0.05) is 44.0 Å². The van der Waals surface area contributed by atoms with E-state index >= 15 is 0 Å². The number of hydrogen-bond acceptors (Lipinski definition) is 4. The van der Waals surface area contributed by atoms with Crippen LogP contribution in [0, 0.1) is 5.92 Å². The molecule has 1 unspecified atom stereocenters. The molecule has 0 aliphatic carbocycles. The summed E-state index contributed by atoms with van der Waals surface area (Å²) in [4.78, 5) is 36.3. The number of hydrogen-bond donors (Lipinski definition) is 0. The molecule has 2 aliphatic heterocycles. The molecule has 2 amide bonds. The standard InChI is InChI=1S/C23H36N4O2/c1-19(2)23(29)27(16-6-14-25-12-3-4-13-25)21-7-5-15-26(18-21)22(28)17-20-8-10-24-11-9-20/h8-11,19,21H,3-7,12-18H2,1-2H3. The molecule has 6 heteroatoms. The van der Waals surface area contributed by atoms with Gasteiger partial charge in [-0.25, -0.2) is 0 Å². The number of piperidine rings is 1. The molecule has 1 aromatic heterocycles. The summed E-state index contributed by atoms with van der Waals surface area (Å²) in [7, 11) is 0. The Hall–Kier alpha value is -1.95. The van der Waals surface area contributed by atoms with Gasteiger partial charge < -0.3 is 14.7 Å². The van der Waals surface area contributed by atoms with Crippen molar-refractivity contribution in [1.29, 1.82) is 0 Å². The van der Waals surface area contributed by atoms with Crippen molar-refractivity contribution >= 4 is 11.8 Å². The molecule has 2 saturated heterocycles. The van der Waals surface area contributed by atoms with Crippen molar-refractivity contribution in [3.05, 3.63) is 30.1 Å². The molecule has 0 radical (unpaired) electrons. The average Bonchev–Trinajstić information content (AvgIpc) is 3.25. The number of aromatic nitrogens is 1. The molecule has 2 aliphatic rings. The maximum Gasteiger partial charge on any atom is 0.227 e. The molecule has 0 aromatic carbocycles.